The highest BCUT2D eigenvalue weighted by molar-refractivity contribution is 5.89. The normalized spacial score (nSPS) is 16.9. The summed E-state index contributed by atoms with van der Waals surface area (Å²) in [5, 5.41) is 2.90. The highest BCUT2D eigenvalue weighted by Gasteiger charge is 2.24. The molecule has 2 unspecified atom stereocenters. The second-order valence-corrected chi connectivity index (χ2v) is 8.05. The van der Waals surface area contributed by atoms with Crippen molar-refractivity contribution in [3.63, 3.8) is 0 Å². The molecular weight excluding hydrogens is 373 g/mol. The number of benzene rings is 2. The molecule has 2 atom stereocenters. The maximum Gasteiger partial charge on any atom is 0.408 e. The first kappa shape index (κ1) is 20.6. The molecule has 3 N–H and O–H groups in total. The number of fused-ring (bicyclic) bond motifs is 1. The minimum absolute atomic E-state index is 0.289. The monoisotopic (exact) mass is 399 g/mol. The van der Waals surface area contributed by atoms with Crippen LogP contribution in [0.5, 0.6) is 5.75 Å². The van der Waals surface area contributed by atoms with E-state index in [-0.39, 0.29) is 11.9 Å². The van der Waals surface area contributed by atoms with Crippen molar-refractivity contribution in [3.05, 3.63) is 59.4 Å². The lowest BCUT2D eigenvalue weighted by molar-refractivity contribution is 0.0503. The second-order valence-electron chi connectivity index (χ2n) is 8.05. The van der Waals surface area contributed by atoms with Crippen molar-refractivity contribution in [1.82, 2.24) is 5.32 Å². The Hall–Kier alpha value is -3.09. The van der Waals surface area contributed by atoms with Crippen LogP contribution >= 0.6 is 0 Å². The van der Waals surface area contributed by atoms with E-state index in [4.69, 9.17) is 15.2 Å². The fourth-order valence-corrected chi connectivity index (χ4v) is 2.98. The average Bonchev–Trinajstić information content (AvgIpc) is 2.62. The Bertz CT molecular complexity index is 920. The van der Waals surface area contributed by atoms with Crippen molar-refractivity contribution in [1.29, 1.82) is 0 Å². The molecule has 3 rings (SSSR count). The third kappa shape index (κ3) is 5.47. The molecule has 1 aliphatic rings. The molecular formula is C22H26FN3O3. The van der Waals surface area contributed by atoms with Gasteiger partial charge in [0.2, 0.25) is 0 Å². The number of rotatable bonds is 4. The first-order chi connectivity index (χ1) is 13.6. The zero-order valence-corrected chi connectivity index (χ0v) is 17.0. The van der Waals surface area contributed by atoms with Crippen LogP contribution in [0.25, 0.3) is 0 Å². The molecule has 0 radical (unpaired) electrons. The first-order valence-electron chi connectivity index (χ1n) is 9.49. The summed E-state index contributed by atoms with van der Waals surface area (Å²) in [4.78, 5) is 16.8. The zero-order valence-electron chi connectivity index (χ0n) is 17.0. The molecule has 0 aliphatic carbocycles. The van der Waals surface area contributed by atoms with Crippen molar-refractivity contribution in [3.8, 4) is 5.75 Å². The minimum Gasteiger partial charge on any atom is -0.481 e. The SMILES string of the molecule is CC1Oc2ccc(C(Cc3ccc(F)cc3)NC(=O)OC(C)(C)C)cc2N=C1N. The Morgan fingerprint density at radius 2 is 1.97 bits per heavy atom. The standard InChI is InChI=1S/C22H26FN3O3/c1-13-20(24)25-18-12-15(7-10-19(18)28-13)17(26-21(27)29-22(2,3)4)11-14-5-8-16(23)9-6-14/h5-10,12-13,17H,11H2,1-4H3,(H2,24,25)(H,26,27). The lowest BCUT2D eigenvalue weighted by atomic mass is 9.98. The summed E-state index contributed by atoms with van der Waals surface area (Å²) in [6, 6.07) is 11.3. The van der Waals surface area contributed by atoms with Crippen molar-refractivity contribution in [2.45, 2.75) is 51.9 Å². The highest BCUT2D eigenvalue weighted by Crippen LogP contribution is 2.35. The molecule has 0 spiro atoms. The minimum atomic E-state index is -0.622. The van der Waals surface area contributed by atoms with Crippen LogP contribution in [-0.4, -0.2) is 23.6 Å². The van der Waals surface area contributed by atoms with Crippen LogP contribution in [0.1, 0.15) is 44.9 Å². The summed E-state index contributed by atoms with van der Waals surface area (Å²) in [5.41, 5.74) is 7.58. The molecule has 6 nitrogen and oxygen atoms in total. The lowest BCUT2D eigenvalue weighted by Crippen LogP contribution is -2.36. The topological polar surface area (TPSA) is 85.9 Å². The fraction of sp³-hybridized carbons (Fsp3) is 0.364. The van der Waals surface area contributed by atoms with Gasteiger partial charge in [-0.1, -0.05) is 18.2 Å². The molecule has 1 amide bonds. The van der Waals surface area contributed by atoms with E-state index < -0.39 is 17.7 Å². The van der Waals surface area contributed by atoms with Gasteiger partial charge in [0.15, 0.2) is 6.10 Å². The number of nitrogens with one attached hydrogen (secondary N) is 1. The first-order valence-corrected chi connectivity index (χ1v) is 9.49. The number of hydrogen-bond donors (Lipinski definition) is 2. The predicted octanol–water partition coefficient (Wildman–Crippen LogP) is 4.40. The average molecular weight is 399 g/mol. The van der Waals surface area contributed by atoms with Gasteiger partial charge < -0.3 is 20.5 Å². The third-order valence-corrected chi connectivity index (χ3v) is 4.40. The maximum absolute atomic E-state index is 13.3. The number of carbonyl (C=O) groups is 1. The lowest BCUT2D eigenvalue weighted by Gasteiger charge is -2.26. The van der Waals surface area contributed by atoms with Crippen LogP contribution in [0.4, 0.5) is 14.9 Å². The van der Waals surface area contributed by atoms with Gasteiger partial charge in [-0.3, -0.25) is 0 Å². The van der Waals surface area contributed by atoms with E-state index in [0.717, 1.165) is 11.1 Å². The highest BCUT2D eigenvalue weighted by atomic mass is 19.1. The van der Waals surface area contributed by atoms with E-state index in [2.05, 4.69) is 10.3 Å². The van der Waals surface area contributed by atoms with Crippen LogP contribution in [0, 0.1) is 5.82 Å². The number of carbonyl (C=O) groups excluding carboxylic acids is 1. The second kappa shape index (κ2) is 8.11. The van der Waals surface area contributed by atoms with E-state index >= 15 is 0 Å². The van der Waals surface area contributed by atoms with Gasteiger partial charge in [0.25, 0.3) is 0 Å². The number of nitrogens with zero attached hydrogens (tertiary/aromatic N) is 1. The summed E-state index contributed by atoms with van der Waals surface area (Å²) >= 11 is 0. The summed E-state index contributed by atoms with van der Waals surface area (Å²) in [6.07, 6.45) is -0.368. The van der Waals surface area contributed by atoms with Crippen molar-refractivity contribution in [2.75, 3.05) is 0 Å². The van der Waals surface area contributed by atoms with Crippen LogP contribution in [0.15, 0.2) is 47.5 Å². The van der Waals surface area contributed by atoms with E-state index in [9.17, 15) is 9.18 Å². The third-order valence-electron chi connectivity index (χ3n) is 4.40. The van der Waals surface area contributed by atoms with Gasteiger partial charge in [-0.05, 0) is 69.5 Å². The molecule has 7 heteroatoms. The van der Waals surface area contributed by atoms with Crippen LogP contribution in [0.3, 0.4) is 0 Å². The number of amidine groups is 1. The Labute approximate surface area is 169 Å². The van der Waals surface area contributed by atoms with Gasteiger partial charge in [0.1, 0.15) is 28.7 Å². The molecule has 1 aliphatic heterocycles. The molecule has 2 aromatic carbocycles. The number of aliphatic imine (C=N–C) groups is 1. The summed E-state index contributed by atoms with van der Waals surface area (Å²) in [6.45, 7) is 7.24. The van der Waals surface area contributed by atoms with E-state index in [0.29, 0.717) is 23.7 Å². The van der Waals surface area contributed by atoms with Gasteiger partial charge in [-0.25, -0.2) is 14.2 Å². The Morgan fingerprint density at radius 1 is 1.28 bits per heavy atom. The van der Waals surface area contributed by atoms with Crippen LogP contribution in [0.2, 0.25) is 0 Å². The largest absolute Gasteiger partial charge is 0.481 e. The van der Waals surface area contributed by atoms with Crippen LogP contribution < -0.4 is 15.8 Å². The van der Waals surface area contributed by atoms with Gasteiger partial charge in [0.05, 0.1) is 6.04 Å². The number of alkyl carbamates (subject to hydrolysis) is 1. The van der Waals surface area contributed by atoms with E-state index in [1.807, 2.05) is 25.1 Å². The van der Waals surface area contributed by atoms with Crippen molar-refractivity contribution >= 4 is 17.6 Å². The molecule has 0 saturated carbocycles. The Balaban J connectivity index is 1.89. The van der Waals surface area contributed by atoms with Crippen molar-refractivity contribution in [2.24, 2.45) is 10.7 Å². The number of hydrogen-bond acceptors (Lipinski definition) is 5. The fourth-order valence-electron chi connectivity index (χ4n) is 2.98. The molecule has 0 fully saturated rings. The number of halogens is 1. The number of amides is 1. The number of nitrogens with two attached hydrogens (primary N) is 1. The molecule has 29 heavy (non-hydrogen) atoms. The Kier molecular flexibility index (Phi) is 5.77. The Morgan fingerprint density at radius 3 is 2.62 bits per heavy atom. The zero-order chi connectivity index (χ0) is 21.2. The van der Waals surface area contributed by atoms with E-state index in [1.165, 1.54) is 12.1 Å². The maximum atomic E-state index is 13.3. The smallest absolute Gasteiger partial charge is 0.408 e. The molecule has 1 heterocycles. The van der Waals surface area contributed by atoms with Gasteiger partial charge in [-0.15, -0.1) is 0 Å². The quantitative estimate of drug-likeness (QED) is 0.798. The van der Waals surface area contributed by atoms with E-state index in [1.54, 1.807) is 32.9 Å². The molecule has 0 saturated heterocycles. The summed E-state index contributed by atoms with van der Waals surface area (Å²) < 4.78 is 24.4. The number of ether oxygens (including phenoxy) is 2. The molecule has 0 bridgehead atoms. The van der Waals surface area contributed by atoms with Gasteiger partial charge >= 0.3 is 6.09 Å². The van der Waals surface area contributed by atoms with Gasteiger partial charge in [0, 0.05) is 0 Å². The summed E-state index contributed by atoms with van der Waals surface area (Å²) in [7, 11) is 0. The molecule has 154 valence electrons. The van der Waals surface area contributed by atoms with Gasteiger partial charge in [-0.2, -0.15) is 0 Å². The van der Waals surface area contributed by atoms with Crippen LogP contribution in [-0.2, 0) is 11.2 Å². The summed E-state index contributed by atoms with van der Waals surface area (Å²) in [5.74, 6) is 0.716. The molecule has 2 aromatic rings. The molecule has 0 aromatic heterocycles. The predicted molar refractivity (Wildman–Crippen MR) is 110 cm³/mol. The van der Waals surface area contributed by atoms with Crippen molar-refractivity contribution < 1.29 is 18.7 Å².